The summed E-state index contributed by atoms with van der Waals surface area (Å²) in [5.41, 5.74) is 0.357. The number of halogens is 1. The second-order valence-electron chi connectivity index (χ2n) is 4.09. The maximum Gasteiger partial charge on any atom is 0.0576 e. The van der Waals surface area contributed by atoms with Crippen molar-refractivity contribution in [1.29, 1.82) is 0 Å². The van der Waals surface area contributed by atoms with E-state index < -0.39 is 0 Å². The van der Waals surface area contributed by atoms with Crippen LogP contribution in [-0.4, -0.2) is 18.5 Å². The molecule has 1 aliphatic heterocycles. The van der Waals surface area contributed by atoms with E-state index in [1.807, 2.05) is 0 Å². The molecule has 0 atom stereocenters. The lowest BCUT2D eigenvalue weighted by Gasteiger charge is -2.35. The molecule has 76 valence electrons. The molecule has 0 unspecified atom stereocenters. The van der Waals surface area contributed by atoms with Crippen LogP contribution in [-0.2, 0) is 4.74 Å². The zero-order valence-electron chi connectivity index (χ0n) is 8.39. The Balaban J connectivity index is 1.98. The molecule has 0 saturated carbocycles. The van der Waals surface area contributed by atoms with E-state index in [0.29, 0.717) is 5.41 Å². The van der Waals surface area contributed by atoms with E-state index in [4.69, 9.17) is 4.74 Å². The minimum Gasteiger partial charge on any atom is -0.379 e. The maximum absolute atomic E-state index is 5.18. The monoisotopic (exact) mass is 246 g/mol. The van der Waals surface area contributed by atoms with Crippen molar-refractivity contribution in [3.05, 3.63) is 12.2 Å². The first kappa shape index (κ1) is 11.3. The summed E-state index contributed by atoms with van der Waals surface area (Å²) in [7, 11) is 0. The van der Waals surface area contributed by atoms with Gasteiger partial charge in [0.25, 0.3) is 0 Å². The van der Waals surface area contributed by atoms with Crippen molar-refractivity contribution in [3.8, 4) is 0 Å². The summed E-state index contributed by atoms with van der Waals surface area (Å²) in [6.07, 6.45) is 9.82. The zero-order valence-corrected chi connectivity index (χ0v) is 9.98. The number of rotatable bonds is 6. The Hall–Kier alpha value is 0.180. The van der Waals surface area contributed by atoms with E-state index >= 15 is 0 Å². The van der Waals surface area contributed by atoms with Crippen molar-refractivity contribution in [1.82, 2.24) is 0 Å². The highest BCUT2D eigenvalue weighted by Gasteiger charge is 2.29. The van der Waals surface area contributed by atoms with Gasteiger partial charge in [-0.15, -0.1) is 0 Å². The molecular weight excluding hydrogens is 228 g/mol. The van der Waals surface area contributed by atoms with Crippen LogP contribution in [0.1, 0.15) is 32.6 Å². The first-order valence-electron chi connectivity index (χ1n) is 5.08. The fourth-order valence-corrected chi connectivity index (χ4v) is 1.82. The van der Waals surface area contributed by atoms with Gasteiger partial charge in [0.2, 0.25) is 0 Å². The van der Waals surface area contributed by atoms with Gasteiger partial charge in [0, 0.05) is 10.7 Å². The quantitative estimate of drug-likeness (QED) is 0.396. The average Bonchev–Trinajstić information content (AvgIpc) is 2.08. The van der Waals surface area contributed by atoms with Crippen molar-refractivity contribution in [3.63, 3.8) is 0 Å². The summed E-state index contributed by atoms with van der Waals surface area (Å²) in [6.45, 7) is 4.07. The first-order chi connectivity index (χ1) is 6.27. The number of alkyl halides is 1. The standard InChI is InChI=1S/C11H19BrO/c1-11(9-13-10-11)7-5-3-2-4-6-8-12/h5,7H,2-4,6,8-10H2,1H3/b7-5+. The molecule has 13 heavy (non-hydrogen) atoms. The van der Waals surface area contributed by atoms with Gasteiger partial charge < -0.3 is 4.74 Å². The lowest BCUT2D eigenvalue weighted by molar-refractivity contribution is -0.0709. The molecular formula is C11H19BrO. The largest absolute Gasteiger partial charge is 0.379 e. The number of allylic oxidation sites excluding steroid dienone is 1. The van der Waals surface area contributed by atoms with Gasteiger partial charge in [-0.25, -0.2) is 0 Å². The van der Waals surface area contributed by atoms with Gasteiger partial charge in [0.15, 0.2) is 0 Å². The third kappa shape index (κ3) is 4.28. The lowest BCUT2D eigenvalue weighted by atomic mass is 9.88. The predicted octanol–water partition coefficient (Wildman–Crippen LogP) is 3.53. The summed E-state index contributed by atoms with van der Waals surface area (Å²) in [6, 6.07) is 0. The highest BCUT2D eigenvalue weighted by atomic mass is 79.9. The normalized spacial score (nSPS) is 20.5. The molecule has 0 aromatic rings. The Kier molecular flexibility index (Phi) is 5.04. The van der Waals surface area contributed by atoms with E-state index in [-0.39, 0.29) is 0 Å². The van der Waals surface area contributed by atoms with Crippen LogP contribution in [0.5, 0.6) is 0 Å². The fraction of sp³-hybridized carbons (Fsp3) is 0.818. The van der Waals surface area contributed by atoms with Crippen LogP contribution in [0.25, 0.3) is 0 Å². The molecule has 1 aliphatic rings. The van der Waals surface area contributed by atoms with Crippen LogP contribution in [0.15, 0.2) is 12.2 Å². The predicted molar refractivity (Wildman–Crippen MR) is 60.3 cm³/mol. The number of ether oxygens (including phenoxy) is 1. The molecule has 1 heterocycles. The van der Waals surface area contributed by atoms with E-state index in [2.05, 4.69) is 35.0 Å². The van der Waals surface area contributed by atoms with Crippen LogP contribution in [0.3, 0.4) is 0 Å². The second-order valence-corrected chi connectivity index (χ2v) is 4.88. The van der Waals surface area contributed by atoms with E-state index in [1.54, 1.807) is 0 Å². The zero-order chi connectivity index (χ0) is 9.57. The van der Waals surface area contributed by atoms with Gasteiger partial charge in [-0.05, 0) is 19.3 Å². The van der Waals surface area contributed by atoms with Crippen LogP contribution >= 0.6 is 15.9 Å². The number of hydrogen-bond acceptors (Lipinski definition) is 1. The summed E-state index contributed by atoms with van der Waals surface area (Å²) >= 11 is 3.44. The molecule has 1 nitrogen and oxygen atoms in total. The van der Waals surface area contributed by atoms with Crippen molar-refractivity contribution in [2.45, 2.75) is 32.6 Å². The van der Waals surface area contributed by atoms with Gasteiger partial charge in [-0.3, -0.25) is 0 Å². The average molecular weight is 247 g/mol. The minimum atomic E-state index is 0.357. The molecule has 0 aromatic heterocycles. The van der Waals surface area contributed by atoms with Crippen molar-refractivity contribution < 1.29 is 4.74 Å². The summed E-state index contributed by atoms with van der Waals surface area (Å²) in [4.78, 5) is 0. The van der Waals surface area contributed by atoms with Crippen molar-refractivity contribution in [2.75, 3.05) is 18.5 Å². The molecule has 0 radical (unpaired) electrons. The lowest BCUT2D eigenvalue weighted by Crippen LogP contribution is -2.37. The van der Waals surface area contributed by atoms with Crippen LogP contribution < -0.4 is 0 Å². The molecule has 2 heteroatoms. The Morgan fingerprint density at radius 1 is 1.31 bits per heavy atom. The summed E-state index contributed by atoms with van der Waals surface area (Å²) in [5, 5.41) is 1.14. The molecule has 0 N–H and O–H groups in total. The molecule has 1 saturated heterocycles. The summed E-state index contributed by atoms with van der Waals surface area (Å²) in [5.74, 6) is 0. The smallest absolute Gasteiger partial charge is 0.0576 e. The van der Waals surface area contributed by atoms with Crippen LogP contribution in [0.4, 0.5) is 0 Å². The Morgan fingerprint density at radius 2 is 2.08 bits per heavy atom. The first-order valence-corrected chi connectivity index (χ1v) is 6.20. The Bertz CT molecular complexity index is 161. The minimum absolute atomic E-state index is 0.357. The molecule has 0 aromatic carbocycles. The van der Waals surface area contributed by atoms with Crippen LogP contribution in [0.2, 0.25) is 0 Å². The van der Waals surface area contributed by atoms with Crippen molar-refractivity contribution >= 4 is 15.9 Å². The Labute approximate surface area is 89.7 Å². The highest BCUT2D eigenvalue weighted by Crippen LogP contribution is 2.28. The summed E-state index contributed by atoms with van der Waals surface area (Å²) < 4.78 is 5.18. The third-order valence-electron chi connectivity index (χ3n) is 2.39. The van der Waals surface area contributed by atoms with Crippen molar-refractivity contribution in [2.24, 2.45) is 5.41 Å². The van der Waals surface area contributed by atoms with Gasteiger partial charge in [0.05, 0.1) is 13.2 Å². The highest BCUT2D eigenvalue weighted by molar-refractivity contribution is 9.09. The number of unbranched alkanes of at least 4 members (excludes halogenated alkanes) is 3. The van der Waals surface area contributed by atoms with Gasteiger partial charge >= 0.3 is 0 Å². The molecule has 1 fully saturated rings. The molecule has 0 bridgehead atoms. The van der Waals surface area contributed by atoms with E-state index in [0.717, 1.165) is 18.5 Å². The molecule has 0 spiro atoms. The van der Waals surface area contributed by atoms with Gasteiger partial charge in [-0.1, -0.05) is 41.4 Å². The second kappa shape index (κ2) is 5.82. The van der Waals surface area contributed by atoms with Gasteiger partial charge in [-0.2, -0.15) is 0 Å². The molecule has 0 aliphatic carbocycles. The molecule has 1 rings (SSSR count). The Morgan fingerprint density at radius 3 is 2.62 bits per heavy atom. The van der Waals surface area contributed by atoms with E-state index in [1.165, 1.54) is 25.7 Å². The SMILES string of the molecule is CC1(/C=C/CCCCCBr)COC1. The molecule has 0 amide bonds. The van der Waals surface area contributed by atoms with Crippen LogP contribution in [0, 0.1) is 5.41 Å². The van der Waals surface area contributed by atoms with Gasteiger partial charge in [0.1, 0.15) is 0 Å². The topological polar surface area (TPSA) is 9.23 Å². The maximum atomic E-state index is 5.18. The van der Waals surface area contributed by atoms with E-state index in [9.17, 15) is 0 Å². The fourth-order valence-electron chi connectivity index (χ4n) is 1.42. The number of hydrogen-bond donors (Lipinski definition) is 0. The third-order valence-corrected chi connectivity index (χ3v) is 2.95.